The Balaban J connectivity index is 1.90. The van der Waals surface area contributed by atoms with Gasteiger partial charge in [0, 0.05) is 10.7 Å². The number of halogens is 1. The van der Waals surface area contributed by atoms with Gasteiger partial charge in [-0.25, -0.2) is 9.97 Å². The Morgan fingerprint density at radius 1 is 1.15 bits per heavy atom. The summed E-state index contributed by atoms with van der Waals surface area (Å²) in [7, 11) is 0. The zero-order chi connectivity index (χ0) is 14.1. The first kappa shape index (κ1) is 13.1. The van der Waals surface area contributed by atoms with Crippen molar-refractivity contribution >= 4 is 27.0 Å². The van der Waals surface area contributed by atoms with E-state index in [-0.39, 0.29) is 0 Å². The van der Waals surface area contributed by atoms with Gasteiger partial charge >= 0.3 is 0 Å². The molecule has 0 fully saturated rings. The van der Waals surface area contributed by atoms with Crippen LogP contribution in [0.3, 0.4) is 0 Å². The molecule has 0 spiro atoms. The summed E-state index contributed by atoms with van der Waals surface area (Å²) in [4.78, 5) is 12.0. The Kier molecular flexibility index (Phi) is 3.44. The van der Waals surface area contributed by atoms with Crippen LogP contribution in [0, 0.1) is 13.8 Å². The molecule has 0 atom stereocenters. The summed E-state index contributed by atoms with van der Waals surface area (Å²) in [5.74, 6) is 1.57. The minimum Gasteiger partial charge on any atom is -0.487 e. The van der Waals surface area contributed by atoms with Gasteiger partial charge < -0.3 is 9.72 Å². The number of ether oxygens (including phenoxy) is 1. The molecule has 0 aliphatic rings. The lowest BCUT2D eigenvalue weighted by Crippen LogP contribution is -2.02. The van der Waals surface area contributed by atoms with Gasteiger partial charge in [-0.3, -0.25) is 0 Å². The van der Waals surface area contributed by atoms with Gasteiger partial charge in [0.15, 0.2) is 0 Å². The molecular formula is C15H14BrN3O. The van der Waals surface area contributed by atoms with E-state index in [9.17, 15) is 0 Å². The molecule has 20 heavy (non-hydrogen) atoms. The zero-order valence-corrected chi connectivity index (χ0v) is 12.9. The van der Waals surface area contributed by atoms with Crippen molar-refractivity contribution < 1.29 is 4.74 Å². The highest BCUT2D eigenvalue weighted by Gasteiger charge is 2.11. The van der Waals surface area contributed by atoms with E-state index < -0.39 is 0 Å². The van der Waals surface area contributed by atoms with Crippen molar-refractivity contribution in [3.8, 4) is 5.75 Å². The first-order chi connectivity index (χ1) is 9.63. The molecule has 5 heteroatoms. The fourth-order valence-electron chi connectivity index (χ4n) is 2.08. The van der Waals surface area contributed by atoms with E-state index in [0.29, 0.717) is 6.61 Å². The molecule has 2 heterocycles. The van der Waals surface area contributed by atoms with Gasteiger partial charge in [0.25, 0.3) is 0 Å². The third-order valence-electron chi connectivity index (χ3n) is 3.07. The van der Waals surface area contributed by atoms with E-state index in [2.05, 4.69) is 37.8 Å². The molecule has 102 valence electrons. The number of hydrogen-bond donors (Lipinski definition) is 1. The molecule has 4 nitrogen and oxygen atoms in total. The van der Waals surface area contributed by atoms with E-state index in [1.54, 1.807) is 0 Å². The Labute approximate surface area is 125 Å². The second-order valence-electron chi connectivity index (χ2n) is 4.68. The average Bonchev–Trinajstić information content (AvgIpc) is 2.79. The standard InChI is InChI=1S/C15H14BrN3O/c1-9-3-5-11(6-4-9)20-8-13-14-12(16)7-17-15(14)19-10(2)18-13/h3-7H,8H2,1-2H3,(H,17,18,19). The number of hydrogen-bond acceptors (Lipinski definition) is 3. The van der Waals surface area contributed by atoms with Crippen LogP contribution in [0.1, 0.15) is 17.1 Å². The second-order valence-corrected chi connectivity index (χ2v) is 5.53. The Hall–Kier alpha value is -1.88. The van der Waals surface area contributed by atoms with Crippen LogP contribution in [0.15, 0.2) is 34.9 Å². The van der Waals surface area contributed by atoms with Crippen LogP contribution in [0.5, 0.6) is 5.75 Å². The molecule has 1 N–H and O–H groups in total. The van der Waals surface area contributed by atoms with Gasteiger partial charge in [0.2, 0.25) is 0 Å². The van der Waals surface area contributed by atoms with E-state index in [1.165, 1.54) is 5.56 Å². The number of aromatic nitrogens is 3. The van der Waals surface area contributed by atoms with Crippen LogP contribution in [-0.4, -0.2) is 15.0 Å². The maximum Gasteiger partial charge on any atom is 0.142 e. The van der Waals surface area contributed by atoms with Crippen LogP contribution < -0.4 is 4.74 Å². The van der Waals surface area contributed by atoms with Gasteiger partial charge in [0.1, 0.15) is 23.8 Å². The van der Waals surface area contributed by atoms with E-state index in [1.807, 2.05) is 37.4 Å². The molecule has 0 saturated heterocycles. The minimum absolute atomic E-state index is 0.416. The lowest BCUT2D eigenvalue weighted by molar-refractivity contribution is 0.302. The van der Waals surface area contributed by atoms with Crippen molar-refractivity contribution in [2.24, 2.45) is 0 Å². The molecule has 0 unspecified atom stereocenters. The molecule has 3 rings (SSSR count). The molecule has 0 saturated carbocycles. The molecule has 0 aliphatic carbocycles. The zero-order valence-electron chi connectivity index (χ0n) is 11.3. The van der Waals surface area contributed by atoms with Crippen LogP contribution in [-0.2, 0) is 6.61 Å². The first-order valence-electron chi connectivity index (χ1n) is 6.33. The fraction of sp³-hybridized carbons (Fsp3) is 0.200. The summed E-state index contributed by atoms with van der Waals surface area (Å²) < 4.78 is 6.76. The molecule has 0 bridgehead atoms. The number of aryl methyl sites for hydroxylation is 2. The van der Waals surface area contributed by atoms with E-state index in [0.717, 1.165) is 32.8 Å². The van der Waals surface area contributed by atoms with Gasteiger partial charge in [-0.05, 0) is 41.9 Å². The van der Waals surface area contributed by atoms with Crippen molar-refractivity contribution in [3.63, 3.8) is 0 Å². The minimum atomic E-state index is 0.416. The quantitative estimate of drug-likeness (QED) is 0.791. The maximum absolute atomic E-state index is 5.81. The topological polar surface area (TPSA) is 50.8 Å². The predicted octanol–water partition coefficient (Wildman–Crippen LogP) is 3.92. The van der Waals surface area contributed by atoms with Crippen molar-refractivity contribution in [2.75, 3.05) is 0 Å². The highest BCUT2D eigenvalue weighted by Crippen LogP contribution is 2.26. The van der Waals surface area contributed by atoms with Crippen LogP contribution in [0.2, 0.25) is 0 Å². The number of rotatable bonds is 3. The summed E-state index contributed by atoms with van der Waals surface area (Å²) in [6, 6.07) is 7.99. The molecule has 2 aromatic heterocycles. The second kappa shape index (κ2) is 5.25. The normalized spacial score (nSPS) is 10.9. The largest absolute Gasteiger partial charge is 0.487 e. The lowest BCUT2D eigenvalue weighted by atomic mass is 10.2. The predicted molar refractivity (Wildman–Crippen MR) is 81.8 cm³/mol. The average molecular weight is 332 g/mol. The van der Waals surface area contributed by atoms with Gasteiger partial charge in [-0.1, -0.05) is 17.7 Å². The number of nitrogens with one attached hydrogen (secondary N) is 1. The molecule has 1 aromatic carbocycles. The van der Waals surface area contributed by atoms with Gasteiger partial charge in [0.05, 0.1) is 11.1 Å². The number of H-pyrrole nitrogens is 1. The van der Waals surface area contributed by atoms with Crippen molar-refractivity contribution in [1.82, 2.24) is 15.0 Å². The highest BCUT2D eigenvalue weighted by molar-refractivity contribution is 9.10. The Morgan fingerprint density at radius 3 is 2.65 bits per heavy atom. The molecular weight excluding hydrogens is 318 g/mol. The van der Waals surface area contributed by atoms with Gasteiger partial charge in [-0.2, -0.15) is 0 Å². The first-order valence-corrected chi connectivity index (χ1v) is 7.12. The van der Waals surface area contributed by atoms with Crippen LogP contribution in [0.4, 0.5) is 0 Å². The van der Waals surface area contributed by atoms with Crippen molar-refractivity contribution in [2.45, 2.75) is 20.5 Å². The number of aromatic amines is 1. The third-order valence-corrected chi connectivity index (χ3v) is 3.69. The lowest BCUT2D eigenvalue weighted by Gasteiger charge is -2.08. The molecule has 0 aliphatic heterocycles. The molecule has 3 aromatic rings. The monoisotopic (exact) mass is 331 g/mol. The summed E-state index contributed by atoms with van der Waals surface area (Å²) in [5.41, 5.74) is 2.92. The molecule has 0 amide bonds. The fourth-order valence-corrected chi connectivity index (χ4v) is 2.61. The summed E-state index contributed by atoms with van der Waals surface area (Å²) in [5, 5.41) is 0.975. The summed E-state index contributed by atoms with van der Waals surface area (Å²) in [6.07, 6.45) is 1.87. The number of fused-ring (bicyclic) bond motifs is 1. The van der Waals surface area contributed by atoms with Crippen molar-refractivity contribution in [3.05, 3.63) is 52.0 Å². The maximum atomic E-state index is 5.81. The van der Waals surface area contributed by atoms with E-state index in [4.69, 9.17) is 4.74 Å². The van der Waals surface area contributed by atoms with E-state index >= 15 is 0 Å². The smallest absolute Gasteiger partial charge is 0.142 e. The van der Waals surface area contributed by atoms with Crippen molar-refractivity contribution in [1.29, 1.82) is 0 Å². The summed E-state index contributed by atoms with van der Waals surface area (Å²) >= 11 is 3.51. The SMILES string of the molecule is Cc1ccc(OCc2nc(C)nc3[nH]cc(Br)c23)cc1. The number of nitrogens with zero attached hydrogens (tertiary/aromatic N) is 2. The number of benzene rings is 1. The van der Waals surface area contributed by atoms with Crippen LogP contribution >= 0.6 is 15.9 Å². The summed E-state index contributed by atoms with van der Waals surface area (Å²) in [6.45, 7) is 4.35. The third kappa shape index (κ3) is 2.54. The Morgan fingerprint density at radius 2 is 1.90 bits per heavy atom. The van der Waals surface area contributed by atoms with Gasteiger partial charge in [-0.15, -0.1) is 0 Å². The Bertz CT molecular complexity index is 750. The molecule has 0 radical (unpaired) electrons. The van der Waals surface area contributed by atoms with Crippen LogP contribution in [0.25, 0.3) is 11.0 Å². The highest BCUT2D eigenvalue weighted by atomic mass is 79.9.